The number of hydrogen-bond donors (Lipinski definition) is 1. The molecule has 4 nitrogen and oxygen atoms in total. The molecule has 1 atom stereocenters. The van der Waals surface area contributed by atoms with Crippen molar-refractivity contribution in [2.75, 3.05) is 13.1 Å². The minimum atomic E-state index is -0.206. The number of carbonyl (C=O) groups excluding carboxylic acids is 1. The van der Waals surface area contributed by atoms with Gasteiger partial charge >= 0.3 is 6.09 Å². The van der Waals surface area contributed by atoms with E-state index in [1.54, 1.807) is 4.90 Å². The molecule has 0 bridgehead atoms. The lowest BCUT2D eigenvalue weighted by Crippen LogP contribution is -2.45. The van der Waals surface area contributed by atoms with Gasteiger partial charge < -0.3 is 15.4 Å². The van der Waals surface area contributed by atoms with E-state index in [9.17, 15) is 4.79 Å². The van der Waals surface area contributed by atoms with E-state index >= 15 is 0 Å². The molecule has 1 amide bonds. The summed E-state index contributed by atoms with van der Waals surface area (Å²) in [4.78, 5) is 13.6. The highest BCUT2D eigenvalue weighted by molar-refractivity contribution is 5.68. The maximum absolute atomic E-state index is 11.8. The lowest BCUT2D eigenvalue weighted by molar-refractivity contribution is 0.0650. The van der Waals surface area contributed by atoms with Crippen LogP contribution in [0.25, 0.3) is 0 Å². The van der Waals surface area contributed by atoms with Crippen molar-refractivity contribution in [3.05, 3.63) is 0 Å². The fourth-order valence-electron chi connectivity index (χ4n) is 1.93. The maximum atomic E-state index is 11.8. The van der Waals surface area contributed by atoms with Crippen LogP contribution in [0.3, 0.4) is 0 Å². The van der Waals surface area contributed by atoms with Crippen molar-refractivity contribution in [1.29, 1.82) is 0 Å². The molecule has 0 aromatic heterocycles. The first kappa shape index (κ1) is 12.3. The number of hydrogen-bond acceptors (Lipinski definition) is 3. The Morgan fingerprint density at radius 3 is 2.80 bits per heavy atom. The van der Waals surface area contributed by atoms with E-state index in [2.05, 4.69) is 0 Å². The zero-order chi connectivity index (χ0) is 11.3. The first-order chi connectivity index (χ1) is 7.15. The number of ether oxygens (including phenoxy) is 1. The lowest BCUT2D eigenvalue weighted by Gasteiger charge is -2.28. The van der Waals surface area contributed by atoms with Crippen LogP contribution < -0.4 is 5.73 Å². The van der Waals surface area contributed by atoms with E-state index in [0.717, 1.165) is 25.8 Å². The molecule has 88 valence electrons. The van der Waals surface area contributed by atoms with Crippen LogP contribution in [0.1, 0.15) is 39.5 Å². The van der Waals surface area contributed by atoms with Crippen molar-refractivity contribution < 1.29 is 9.53 Å². The highest BCUT2D eigenvalue weighted by atomic mass is 16.6. The van der Waals surface area contributed by atoms with Crippen molar-refractivity contribution in [2.45, 2.75) is 51.7 Å². The van der Waals surface area contributed by atoms with Crippen LogP contribution in [0.15, 0.2) is 0 Å². The zero-order valence-corrected chi connectivity index (χ0v) is 9.74. The van der Waals surface area contributed by atoms with Gasteiger partial charge in [0.25, 0.3) is 0 Å². The third-order valence-corrected chi connectivity index (χ3v) is 2.72. The summed E-state index contributed by atoms with van der Waals surface area (Å²) in [5.41, 5.74) is 5.68. The Morgan fingerprint density at radius 1 is 1.47 bits per heavy atom. The quantitative estimate of drug-likeness (QED) is 0.761. The van der Waals surface area contributed by atoms with Crippen LogP contribution in [0.5, 0.6) is 0 Å². The molecular formula is C11H22N2O2. The Bertz CT molecular complexity index is 207. The van der Waals surface area contributed by atoms with E-state index in [1.165, 1.54) is 6.42 Å². The molecule has 0 aromatic rings. The predicted molar refractivity (Wildman–Crippen MR) is 59.6 cm³/mol. The number of nitrogens with two attached hydrogens (primary N) is 1. The topological polar surface area (TPSA) is 55.6 Å². The van der Waals surface area contributed by atoms with Gasteiger partial charge in [0.15, 0.2) is 0 Å². The Balaban J connectivity index is 2.57. The molecule has 4 heteroatoms. The summed E-state index contributed by atoms with van der Waals surface area (Å²) in [7, 11) is 0. The SMILES string of the molecule is CC(C)OC(=O)N1CCCCCC1CN. The highest BCUT2D eigenvalue weighted by Crippen LogP contribution is 2.17. The molecule has 0 saturated carbocycles. The second-order valence-electron chi connectivity index (χ2n) is 4.36. The van der Waals surface area contributed by atoms with Gasteiger partial charge in [0, 0.05) is 19.1 Å². The number of carbonyl (C=O) groups is 1. The standard InChI is InChI=1S/C11H22N2O2/c1-9(2)15-11(14)13-7-5-3-4-6-10(13)8-12/h9-10H,3-8,12H2,1-2H3. The van der Waals surface area contributed by atoms with E-state index < -0.39 is 0 Å². The molecule has 1 saturated heterocycles. The van der Waals surface area contributed by atoms with E-state index in [1.807, 2.05) is 13.8 Å². The Hall–Kier alpha value is -0.770. The van der Waals surface area contributed by atoms with Crippen molar-refractivity contribution in [3.8, 4) is 0 Å². The van der Waals surface area contributed by atoms with Gasteiger partial charge in [-0.15, -0.1) is 0 Å². The largest absolute Gasteiger partial charge is 0.447 e. The number of amides is 1. The van der Waals surface area contributed by atoms with E-state index in [-0.39, 0.29) is 18.2 Å². The molecule has 0 aromatic carbocycles. The molecule has 1 fully saturated rings. The fourth-order valence-corrected chi connectivity index (χ4v) is 1.93. The van der Waals surface area contributed by atoms with Crippen molar-refractivity contribution in [2.24, 2.45) is 5.73 Å². The van der Waals surface area contributed by atoms with Gasteiger partial charge in [0.2, 0.25) is 0 Å². The van der Waals surface area contributed by atoms with Crippen LogP contribution in [0.4, 0.5) is 4.79 Å². The monoisotopic (exact) mass is 214 g/mol. The molecule has 15 heavy (non-hydrogen) atoms. The summed E-state index contributed by atoms with van der Waals surface area (Å²) in [6, 6.07) is 0.166. The molecule has 0 spiro atoms. The van der Waals surface area contributed by atoms with Crippen LogP contribution >= 0.6 is 0 Å². The van der Waals surface area contributed by atoms with Crippen molar-refractivity contribution >= 4 is 6.09 Å². The summed E-state index contributed by atoms with van der Waals surface area (Å²) in [5, 5.41) is 0. The van der Waals surface area contributed by atoms with Crippen molar-refractivity contribution in [3.63, 3.8) is 0 Å². The second-order valence-corrected chi connectivity index (χ2v) is 4.36. The first-order valence-electron chi connectivity index (χ1n) is 5.82. The van der Waals surface area contributed by atoms with Gasteiger partial charge in [0.05, 0.1) is 6.10 Å². The average molecular weight is 214 g/mol. The first-order valence-corrected chi connectivity index (χ1v) is 5.82. The van der Waals surface area contributed by atoms with Crippen LogP contribution in [-0.2, 0) is 4.74 Å². The average Bonchev–Trinajstić information content (AvgIpc) is 2.40. The van der Waals surface area contributed by atoms with Gasteiger partial charge in [-0.1, -0.05) is 12.8 Å². The summed E-state index contributed by atoms with van der Waals surface area (Å²) < 4.78 is 5.21. The number of rotatable bonds is 2. The zero-order valence-electron chi connectivity index (χ0n) is 9.74. The molecule has 0 radical (unpaired) electrons. The van der Waals surface area contributed by atoms with Crippen molar-refractivity contribution in [1.82, 2.24) is 4.90 Å². The van der Waals surface area contributed by atoms with E-state index in [4.69, 9.17) is 10.5 Å². The minimum Gasteiger partial charge on any atom is -0.447 e. The van der Waals surface area contributed by atoms with Gasteiger partial charge in [-0.2, -0.15) is 0 Å². The van der Waals surface area contributed by atoms with Crippen LogP contribution in [-0.4, -0.2) is 36.2 Å². The lowest BCUT2D eigenvalue weighted by atomic mass is 10.1. The highest BCUT2D eigenvalue weighted by Gasteiger charge is 2.25. The van der Waals surface area contributed by atoms with Crippen LogP contribution in [0.2, 0.25) is 0 Å². The summed E-state index contributed by atoms with van der Waals surface area (Å²) in [5.74, 6) is 0. The third-order valence-electron chi connectivity index (χ3n) is 2.72. The Labute approximate surface area is 91.8 Å². The number of likely N-dealkylation sites (tertiary alicyclic amines) is 1. The molecular weight excluding hydrogens is 192 g/mol. The molecule has 2 N–H and O–H groups in total. The molecule has 1 heterocycles. The fraction of sp³-hybridized carbons (Fsp3) is 0.909. The molecule has 1 aliphatic heterocycles. The molecule has 0 aliphatic carbocycles. The summed E-state index contributed by atoms with van der Waals surface area (Å²) in [6.07, 6.45) is 4.14. The smallest absolute Gasteiger partial charge is 0.410 e. The normalized spacial score (nSPS) is 22.7. The second kappa shape index (κ2) is 5.95. The van der Waals surface area contributed by atoms with Crippen LogP contribution in [0, 0.1) is 0 Å². The van der Waals surface area contributed by atoms with Gasteiger partial charge in [-0.05, 0) is 26.7 Å². The minimum absolute atomic E-state index is 0.0563. The number of nitrogens with zero attached hydrogens (tertiary/aromatic N) is 1. The molecule has 1 unspecified atom stereocenters. The third kappa shape index (κ3) is 3.70. The summed E-state index contributed by atoms with van der Waals surface area (Å²) in [6.45, 7) is 5.06. The molecule has 1 aliphatic rings. The Morgan fingerprint density at radius 2 is 2.20 bits per heavy atom. The maximum Gasteiger partial charge on any atom is 0.410 e. The Kier molecular flexibility index (Phi) is 4.88. The molecule has 1 rings (SSSR count). The predicted octanol–water partition coefficient (Wildman–Crippen LogP) is 1.73. The van der Waals surface area contributed by atoms with Gasteiger partial charge in [-0.25, -0.2) is 4.79 Å². The van der Waals surface area contributed by atoms with Gasteiger partial charge in [0.1, 0.15) is 0 Å². The van der Waals surface area contributed by atoms with Gasteiger partial charge in [-0.3, -0.25) is 0 Å². The van der Waals surface area contributed by atoms with E-state index in [0.29, 0.717) is 6.54 Å². The summed E-state index contributed by atoms with van der Waals surface area (Å²) >= 11 is 0.